The van der Waals surface area contributed by atoms with Gasteiger partial charge in [0.25, 0.3) is 11.8 Å². The lowest BCUT2D eigenvalue weighted by Gasteiger charge is -2.49. The van der Waals surface area contributed by atoms with Crippen molar-refractivity contribution in [3.05, 3.63) is 51.2 Å². The highest BCUT2D eigenvalue weighted by atomic mass is 35.5. The summed E-state index contributed by atoms with van der Waals surface area (Å²) in [6.45, 7) is 2.88. The van der Waals surface area contributed by atoms with E-state index in [1.165, 1.54) is 18.7 Å². The van der Waals surface area contributed by atoms with Crippen LogP contribution in [0.1, 0.15) is 18.1 Å². The number of halogens is 2. The van der Waals surface area contributed by atoms with Crippen molar-refractivity contribution in [1.82, 2.24) is 10.2 Å². The second-order valence-electron chi connectivity index (χ2n) is 6.90. The van der Waals surface area contributed by atoms with Gasteiger partial charge in [-0.25, -0.2) is 4.79 Å². The van der Waals surface area contributed by atoms with Crippen LogP contribution in [0.3, 0.4) is 0 Å². The molecule has 2 heterocycles. The summed E-state index contributed by atoms with van der Waals surface area (Å²) in [7, 11) is 0. The van der Waals surface area contributed by atoms with E-state index in [1.807, 2.05) is 6.92 Å². The zero-order valence-corrected chi connectivity index (χ0v) is 18.8. The van der Waals surface area contributed by atoms with Crippen LogP contribution in [0.4, 0.5) is 0 Å². The van der Waals surface area contributed by atoms with Crippen LogP contribution in [-0.2, 0) is 23.9 Å². The lowest BCUT2D eigenvalue weighted by Crippen LogP contribution is -2.70. The Labute approximate surface area is 192 Å². The lowest BCUT2D eigenvalue weighted by molar-refractivity contribution is -0.150. The Balaban J connectivity index is 1.80. The van der Waals surface area contributed by atoms with Crippen molar-refractivity contribution in [2.75, 3.05) is 12.4 Å². The summed E-state index contributed by atoms with van der Waals surface area (Å²) in [4.78, 5) is 49.5. The van der Waals surface area contributed by atoms with E-state index in [4.69, 9.17) is 27.9 Å². The molecule has 2 aliphatic rings. The predicted octanol–water partition coefficient (Wildman–Crippen LogP) is 2.44. The fraction of sp³-hybridized carbons (Fsp3) is 0.300. The molecule has 8 nitrogen and oxygen atoms in total. The van der Waals surface area contributed by atoms with Gasteiger partial charge >= 0.3 is 11.9 Å². The molecule has 11 heteroatoms. The number of carboxylic acid groups (broad SMARTS) is 1. The normalized spacial score (nSPS) is 19.9. The first kappa shape index (κ1) is 23.2. The summed E-state index contributed by atoms with van der Waals surface area (Å²) in [5, 5.41) is 11.6. The van der Waals surface area contributed by atoms with E-state index < -0.39 is 35.2 Å². The molecule has 2 N–H and O–H groups in total. The van der Waals surface area contributed by atoms with Crippen LogP contribution >= 0.6 is 35.0 Å². The SMILES string of the molecule is CC(=O)OCC1=C(C(=O)O)N2C(=O)C(NC(=O)C(=C(Cl)Cl)c3ccc(C)cc3)[C@H]2SC1. The number of ether oxygens (including phenoxy) is 1. The molecule has 0 bridgehead atoms. The number of benzene rings is 1. The summed E-state index contributed by atoms with van der Waals surface area (Å²) in [6, 6.07) is 6.01. The highest BCUT2D eigenvalue weighted by molar-refractivity contribution is 8.00. The standard InChI is InChI=1S/C20H18Cl2N2O6S/c1-9-3-5-11(6-4-9)13(16(21)22)17(26)23-14-18(27)24-15(20(28)29)12(7-30-10(2)25)8-31-19(14)24/h3-6,14,19H,7-8H2,1-2H3,(H,23,26)(H,28,29)/t14?,19-/m1/s1. The van der Waals surface area contributed by atoms with Gasteiger partial charge in [0.15, 0.2) is 0 Å². The Morgan fingerprint density at radius 3 is 2.45 bits per heavy atom. The molecule has 2 amide bonds. The van der Waals surface area contributed by atoms with E-state index in [2.05, 4.69) is 5.32 Å². The predicted molar refractivity (Wildman–Crippen MR) is 116 cm³/mol. The van der Waals surface area contributed by atoms with Crippen molar-refractivity contribution in [2.24, 2.45) is 0 Å². The van der Waals surface area contributed by atoms with Crippen LogP contribution in [0, 0.1) is 6.92 Å². The molecule has 0 aromatic heterocycles. The number of thioether (sulfide) groups is 1. The summed E-state index contributed by atoms with van der Waals surface area (Å²) in [5.74, 6) is -2.87. The van der Waals surface area contributed by atoms with E-state index in [0.29, 0.717) is 11.1 Å². The van der Waals surface area contributed by atoms with Gasteiger partial charge in [-0.2, -0.15) is 0 Å². The number of aliphatic carboxylic acids is 1. The largest absolute Gasteiger partial charge is 0.477 e. The van der Waals surface area contributed by atoms with Crippen molar-refractivity contribution in [2.45, 2.75) is 25.3 Å². The quantitative estimate of drug-likeness (QED) is 0.362. The Morgan fingerprint density at radius 1 is 1.26 bits per heavy atom. The van der Waals surface area contributed by atoms with Gasteiger partial charge in [0.2, 0.25) is 0 Å². The summed E-state index contributed by atoms with van der Waals surface area (Å²) >= 11 is 13.1. The smallest absolute Gasteiger partial charge is 0.352 e. The van der Waals surface area contributed by atoms with E-state index in [-0.39, 0.29) is 28.1 Å². The number of nitrogens with zero attached hydrogens (tertiary/aromatic N) is 1. The molecule has 1 aromatic carbocycles. The molecule has 0 aliphatic carbocycles. The molecule has 1 aromatic rings. The average Bonchev–Trinajstić information content (AvgIpc) is 2.70. The number of nitrogens with one attached hydrogen (secondary N) is 1. The number of rotatable bonds is 6. The van der Waals surface area contributed by atoms with Crippen molar-refractivity contribution in [3.63, 3.8) is 0 Å². The van der Waals surface area contributed by atoms with Crippen molar-refractivity contribution >= 4 is 64.3 Å². The van der Waals surface area contributed by atoms with E-state index in [9.17, 15) is 24.3 Å². The van der Waals surface area contributed by atoms with Gasteiger partial charge in [0, 0.05) is 18.2 Å². The first-order valence-corrected chi connectivity index (χ1v) is 10.9. The second kappa shape index (κ2) is 9.33. The topological polar surface area (TPSA) is 113 Å². The van der Waals surface area contributed by atoms with E-state index in [0.717, 1.165) is 10.5 Å². The summed E-state index contributed by atoms with van der Waals surface area (Å²) < 4.78 is 4.64. The van der Waals surface area contributed by atoms with Gasteiger partial charge < -0.3 is 15.2 Å². The molecule has 2 aliphatic heterocycles. The Bertz CT molecular complexity index is 1020. The monoisotopic (exact) mass is 484 g/mol. The highest BCUT2D eigenvalue weighted by Gasteiger charge is 2.54. The minimum atomic E-state index is -1.31. The van der Waals surface area contributed by atoms with Gasteiger partial charge in [0.05, 0.1) is 5.57 Å². The summed E-state index contributed by atoms with van der Waals surface area (Å²) in [6.07, 6.45) is 0. The molecular weight excluding hydrogens is 467 g/mol. The molecule has 1 fully saturated rings. The number of β-lactam (4-membered cyclic amide) rings is 1. The first-order chi connectivity index (χ1) is 14.6. The molecule has 0 radical (unpaired) electrons. The molecule has 3 rings (SSSR count). The molecule has 31 heavy (non-hydrogen) atoms. The number of hydrogen-bond acceptors (Lipinski definition) is 6. The molecular formula is C20H18Cl2N2O6S. The molecule has 2 atom stereocenters. The highest BCUT2D eigenvalue weighted by Crippen LogP contribution is 2.40. The van der Waals surface area contributed by atoms with Gasteiger partial charge in [-0.15, -0.1) is 11.8 Å². The third kappa shape index (κ3) is 4.73. The van der Waals surface area contributed by atoms with Crippen molar-refractivity contribution in [1.29, 1.82) is 0 Å². The molecule has 1 unspecified atom stereocenters. The van der Waals surface area contributed by atoms with Gasteiger partial charge in [-0.05, 0) is 12.5 Å². The zero-order chi connectivity index (χ0) is 22.9. The van der Waals surface area contributed by atoms with Crippen molar-refractivity contribution < 1.29 is 29.0 Å². The Hall–Kier alpha value is -2.49. The van der Waals surface area contributed by atoms with E-state index in [1.54, 1.807) is 24.3 Å². The third-order valence-corrected chi connectivity index (χ3v) is 6.46. The summed E-state index contributed by atoms with van der Waals surface area (Å²) in [5.41, 5.74) is 1.56. The Kier molecular flexibility index (Phi) is 6.98. The number of amides is 2. The van der Waals surface area contributed by atoms with Crippen LogP contribution in [0.15, 0.2) is 40.0 Å². The Morgan fingerprint density at radius 2 is 1.90 bits per heavy atom. The molecule has 0 spiro atoms. The number of carbonyl (C=O) groups is 4. The van der Waals surface area contributed by atoms with Gasteiger partial charge in [-0.1, -0.05) is 53.0 Å². The van der Waals surface area contributed by atoms with Gasteiger partial charge in [-0.3, -0.25) is 19.3 Å². The fourth-order valence-corrected chi connectivity index (χ4v) is 4.96. The first-order valence-electron chi connectivity index (χ1n) is 9.08. The maximum atomic E-state index is 12.8. The fourth-order valence-electron chi connectivity index (χ4n) is 3.24. The number of carbonyl (C=O) groups excluding carboxylic acids is 3. The number of hydrogen-bond donors (Lipinski definition) is 2. The molecule has 1 saturated heterocycles. The average molecular weight is 485 g/mol. The van der Waals surface area contributed by atoms with Crippen LogP contribution in [0.25, 0.3) is 5.57 Å². The number of fused-ring (bicyclic) bond motifs is 1. The number of carboxylic acids is 1. The van der Waals surface area contributed by atoms with Crippen LogP contribution in [-0.4, -0.2) is 57.5 Å². The molecule has 164 valence electrons. The minimum Gasteiger partial charge on any atom is -0.477 e. The van der Waals surface area contributed by atoms with Gasteiger partial charge in [0.1, 0.15) is 28.2 Å². The van der Waals surface area contributed by atoms with Crippen LogP contribution in [0.5, 0.6) is 0 Å². The number of esters is 1. The zero-order valence-electron chi connectivity index (χ0n) is 16.5. The number of aryl methyl sites for hydroxylation is 1. The minimum absolute atomic E-state index is 0.0138. The third-order valence-electron chi connectivity index (χ3n) is 4.74. The van der Waals surface area contributed by atoms with Crippen LogP contribution in [0.2, 0.25) is 0 Å². The maximum Gasteiger partial charge on any atom is 0.352 e. The van der Waals surface area contributed by atoms with Crippen molar-refractivity contribution in [3.8, 4) is 0 Å². The van der Waals surface area contributed by atoms with Crippen LogP contribution < -0.4 is 5.32 Å². The van der Waals surface area contributed by atoms with E-state index >= 15 is 0 Å². The molecule has 0 saturated carbocycles. The maximum absolute atomic E-state index is 12.8. The lowest BCUT2D eigenvalue weighted by atomic mass is 10.0. The second-order valence-corrected chi connectivity index (χ2v) is 8.95.